The van der Waals surface area contributed by atoms with Gasteiger partial charge in [0.05, 0.1) is 18.5 Å². The molecule has 2 fully saturated rings. The highest BCUT2D eigenvalue weighted by atomic mass is 16.7. The van der Waals surface area contributed by atoms with Crippen LogP contribution in [0.3, 0.4) is 0 Å². The van der Waals surface area contributed by atoms with Gasteiger partial charge in [0, 0.05) is 61.4 Å². The third-order valence-electron chi connectivity index (χ3n) is 7.52. The second-order valence-electron chi connectivity index (χ2n) is 10.7. The Hall–Kier alpha value is -4.21. The standard InChI is InChI=1S/C33H33N5O3/c1-24(40-32-4-2-3-17-39-32)33-35-15-16-38(33)23-30-18-31(41-36-30)29-13-11-26(12-14-29)6-5-25-7-9-27(10-8-25)20-37-21-28(19-34)22-37/h7-16,18,24,28,32H,2-4,17,20-23H2,1H3/t24-,32?/m0/s1. The summed E-state index contributed by atoms with van der Waals surface area (Å²) in [4.78, 5) is 6.80. The number of likely N-dealkylation sites (tertiary alicyclic amines) is 1. The van der Waals surface area contributed by atoms with Gasteiger partial charge in [-0.2, -0.15) is 5.26 Å². The van der Waals surface area contributed by atoms with Gasteiger partial charge in [0.1, 0.15) is 17.6 Å². The molecule has 4 aromatic rings. The highest BCUT2D eigenvalue weighted by Crippen LogP contribution is 2.25. The quantitative estimate of drug-likeness (QED) is 0.267. The average molecular weight is 548 g/mol. The van der Waals surface area contributed by atoms with E-state index in [-0.39, 0.29) is 18.3 Å². The van der Waals surface area contributed by atoms with Gasteiger partial charge in [-0.1, -0.05) is 29.1 Å². The maximum Gasteiger partial charge on any atom is 0.167 e. The zero-order valence-corrected chi connectivity index (χ0v) is 23.2. The zero-order chi connectivity index (χ0) is 28.0. The minimum Gasteiger partial charge on any atom is -0.356 e. The summed E-state index contributed by atoms with van der Waals surface area (Å²) in [5.74, 6) is 8.22. The Kier molecular flexibility index (Phi) is 8.25. The molecule has 2 atom stereocenters. The Morgan fingerprint density at radius 1 is 1.02 bits per heavy atom. The van der Waals surface area contributed by atoms with Crippen molar-refractivity contribution in [1.29, 1.82) is 5.26 Å². The molecular formula is C33H33N5O3. The van der Waals surface area contributed by atoms with Gasteiger partial charge in [-0.25, -0.2) is 4.98 Å². The molecule has 0 spiro atoms. The van der Waals surface area contributed by atoms with Crippen molar-refractivity contribution in [3.05, 3.63) is 95.2 Å². The Bertz CT molecular complexity index is 1540. The number of rotatable bonds is 8. The Morgan fingerprint density at radius 2 is 1.78 bits per heavy atom. The molecule has 0 aliphatic carbocycles. The molecule has 6 rings (SSSR count). The van der Waals surface area contributed by atoms with Gasteiger partial charge >= 0.3 is 0 Å². The molecule has 41 heavy (non-hydrogen) atoms. The number of hydrogen-bond acceptors (Lipinski definition) is 7. The second-order valence-corrected chi connectivity index (χ2v) is 10.7. The van der Waals surface area contributed by atoms with Gasteiger partial charge in [-0.05, 0) is 68.1 Å². The van der Waals surface area contributed by atoms with E-state index in [1.165, 1.54) is 5.56 Å². The van der Waals surface area contributed by atoms with Gasteiger partial charge in [0.15, 0.2) is 12.1 Å². The fourth-order valence-electron chi connectivity index (χ4n) is 5.21. The van der Waals surface area contributed by atoms with Gasteiger partial charge in [0.25, 0.3) is 0 Å². The average Bonchev–Trinajstić information content (AvgIpc) is 3.65. The van der Waals surface area contributed by atoms with Crippen LogP contribution in [0.2, 0.25) is 0 Å². The zero-order valence-electron chi connectivity index (χ0n) is 23.2. The van der Waals surface area contributed by atoms with Crippen molar-refractivity contribution >= 4 is 0 Å². The summed E-state index contributed by atoms with van der Waals surface area (Å²) < 4.78 is 19.5. The molecule has 0 bridgehead atoms. The van der Waals surface area contributed by atoms with E-state index in [2.05, 4.69) is 57.2 Å². The van der Waals surface area contributed by atoms with Crippen LogP contribution in [-0.2, 0) is 22.6 Å². The first-order valence-electron chi connectivity index (χ1n) is 14.2. The summed E-state index contributed by atoms with van der Waals surface area (Å²) in [6, 6.07) is 20.6. The first kappa shape index (κ1) is 27.0. The second kappa shape index (κ2) is 12.5. The first-order chi connectivity index (χ1) is 20.1. The number of hydrogen-bond donors (Lipinski definition) is 0. The van der Waals surface area contributed by atoms with Crippen molar-refractivity contribution in [3.63, 3.8) is 0 Å². The van der Waals surface area contributed by atoms with Gasteiger partial charge in [-0.15, -0.1) is 0 Å². The SMILES string of the molecule is C[C@H](OC1CCCCO1)c1nccn1Cc1cc(-c2ccc(C#Cc3ccc(CN4CC(C#N)C4)cc3)cc2)on1. The summed E-state index contributed by atoms with van der Waals surface area (Å²) in [6.07, 6.45) is 6.49. The van der Waals surface area contributed by atoms with Crippen LogP contribution in [0.15, 0.2) is 71.5 Å². The molecule has 2 saturated heterocycles. The summed E-state index contributed by atoms with van der Waals surface area (Å²) in [6.45, 7) is 5.90. The number of imidazole rings is 1. The van der Waals surface area contributed by atoms with Crippen LogP contribution in [0.5, 0.6) is 0 Å². The summed E-state index contributed by atoms with van der Waals surface area (Å²) in [5, 5.41) is 13.2. The topological polar surface area (TPSA) is 89.3 Å². The van der Waals surface area contributed by atoms with Crippen molar-refractivity contribution in [1.82, 2.24) is 19.6 Å². The van der Waals surface area contributed by atoms with E-state index in [0.717, 1.165) is 73.7 Å². The Balaban J connectivity index is 1.04. The normalized spacial score (nSPS) is 18.2. The Labute approximate surface area is 240 Å². The smallest absolute Gasteiger partial charge is 0.167 e. The molecule has 208 valence electrons. The lowest BCUT2D eigenvalue weighted by atomic mass is 10.0. The fraction of sp³-hybridized carbons (Fsp3) is 0.364. The largest absolute Gasteiger partial charge is 0.356 e. The van der Waals surface area contributed by atoms with Crippen molar-refractivity contribution in [2.24, 2.45) is 5.92 Å². The lowest BCUT2D eigenvalue weighted by Crippen LogP contribution is -2.45. The summed E-state index contributed by atoms with van der Waals surface area (Å²) in [5.41, 5.74) is 4.90. The van der Waals surface area contributed by atoms with E-state index in [4.69, 9.17) is 19.3 Å². The molecule has 0 radical (unpaired) electrons. The lowest BCUT2D eigenvalue weighted by Gasteiger charge is -2.35. The number of ether oxygens (including phenoxy) is 2. The fourth-order valence-corrected chi connectivity index (χ4v) is 5.21. The predicted molar refractivity (Wildman–Crippen MR) is 153 cm³/mol. The van der Waals surface area contributed by atoms with Crippen molar-refractivity contribution in [2.75, 3.05) is 19.7 Å². The predicted octanol–water partition coefficient (Wildman–Crippen LogP) is 5.55. The third-order valence-corrected chi connectivity index (χ3v) is 7.52. The minimum atomic E-state index is -0.185. The summed E-state index contributed by atoms with van der Waals surface area (Å²) >= 11 is 0. The maximum atomic E-state index is 8.93. The van der Waals surface area contributed by atoms with E-state index >= 15 is 0 Å². The molecule has 8 nitrogen and oxygen atoms in total. The monoisotopic (exact) mass is 547 g/mol. The molecule has 4 heterocycles. The van der Waals surface area contributed by atoms with E-state index < -0.39 is 0 Å². The number of benzene rings is 2. The van der Waals surface area contributed by atoms with Crippen LogP contribution in [0.1, 0.15) is 60.5 Å². The summed E-state index contributed by atoms with van der Waals surface area (Å²) in [7, 11) is 0. The van der Waals surface area contributed by atoms with Gasteiger partial charge in [0.2, 0.25) is 0 Å². The van der Waals surface area contributed by atoms with Crippen molar-refractivity contribution in [3.8, 4) is 29.2 Å². The van der Waals surface area contributed by atoms with E-state index in [1.807, 2.05) is 48.0 Å². The van der Waals surface area contributed by atoms with E-state index in [0.29, 0.717) is 12.3 Å². The third kappa shape index (κ3) is 6.75. The molecule has 2 aliphatic heterocycles. The minimum absolute atomic E-state index is 0.171. The lowest BCUT2D eigenvalue weighted by molar-refractivity contribution is -0.188. The van der Waals surface area contributed by atoms with Crippen LogP contribution in [0.25, 0.3) is 11.3 Å². The van der Waals surface area contributed by atoms with Crippen LogP contribution < -0.4 is 0 Å². The molecule has 2 aromatic carbocycles. The molecule has 2 aliphatic rings. The van der Waals surface area contributed by atoms with Crippen LogP contribution in [-0.4, -0.2) is 45.6 Å². The first-order valence-corrected chi connectivity index (χ1v) is 14.2. The molecule has 8 heteroatoms. The van der Waals surface area contributed by atoms with E-state index in [9.17, 15) is 0 Å². The molecule has 0 saturated carbocycles. The van der Waals surface area contributed by atoms with Gasteiger partial charge < -0.3 is 18.6 Å². The van der Waals surface area contributed by atoms with Crippen LogP contribution in [0.4, 0.5) is 0 Å². The van der Waals surface area contributed by atoms with E-state index in [1.54, 1.807) is 6.20 Å². The molecule has 0 amide bonds. The number of nitriles is 1. The highest BCUT2D eigenvalue weighted by molar-refractivity contribution is 5.59. The Morgan fingerprint density at radius 3 is 2.49 bits per heavy atom. The van der Waals surface area contributed by atoms with Crippen molar-refractivity contribution in [2.45, 2.75) is 51.7 Å². The highest BCUT2D eigenvalue weighted by Gasteiger charge is 2.26. The van der Waals surface area contributed by atoms with Crippen molar-refractivity contribution < 1.29 is 14.0 Å². The van der Waals surface area contributed by atoms with Gasteiger partial charge in [-0.3, -0.25) is 4.90 Å². The number of aromatic nitrogens is 3. The maximum absolute atomic E-state index is 8.93. The molecule has 2 aromatic heterocycles. The molecular weight excluding hydrogens is 514 g/mol. The molecule has 1 unspecified atom stereocenters. The number of nitrogens with zero attached hydrogens (tertiary/aromatic N) is 5. The molecule has 0 N–H and O–H groups in total. The van der Waals surface area contributed by atoms with Crippen LogP contribution in [0, 0.1) is 29.1 Å². The van der Waals surface area contributed by atoms with Crippen LogP contribution >= 0.6 is 0 Å².